The zero-order chi connectivity index (χ0) is 49.3. The van der Waals surface area contributed by atoms with E-state index in [-0.39, 0.29) is 47.0 Å². The van der Waals surface area contributed by atoms with Crippen molar-refractivity contribution in [1.82, 2.24) is 21.3 Å². The van der Waals surface area contributed by atoms with Gasteiger partial charge in [0, 0.05) is 37.8 Å². The SMILES string of the molecule is C[C@H](O)CN[C@H]1C[C@H]2CC[C@H](CC(=O)CC(=O)/C=C/c3cc(OCO)c(O)cc3CC3=CNC(N)C=C3CCc3cccc(CCc4ccccc4)c3)C[C@@]2(C[C@H]2[C@@H]3CCNC[C@@H]3C[C@@H]3C=CCN[C@@H]23)C1. The van der Waals surface area contributed by atoms with Crippen LogP contribution < -0.4 is 31.7 Å². The minimum Gasteiger partial charge on any atom is -0.504 e. The van der Waals surface area contributed by atoms with Crippen LogP contribution in [0.2, 0.25) is 0 Å². The van der Waals surface area contributed by atoms with E-state index < -0.39 is 12.9 Å². The van der Waals surface area contributed by atoms with Gasteiger partial charge in [0.15, 0.2) is 24.1 Å². The number of aliphatic hydroxyl groups excluding tert-OH is 2. The summed E-state index contributed by atoms with van der Waals surface area (Å²) in [6.07, 6.45) is 24.5. The number of ether oxygens (including phenoxy) is 1. The highest BCUT2D eigenvalue weighted by Gasteiger charge is 2.55. The van der Waals surface area contributed by atoms with E-state index in [0.29, 0.717) is 66.6 Å². The second-order valence-electron chi connectivity index (χ2n) is 22.2. The minimum absolute atomic E-state index is 0.0169. The van der Waals surface area contributed by atoms with E-state index in [2.05, 4.69) is 88.0 Å². The molecule has 71 heavy (non-hydrogen) atoms. The Kier molecular flexibility index (Phi) is 17.1. The molecule has 0 spiro atoms. The molecule has 4 fully saturated rings. The predicted octanol–water partition coefficient (Wildman–Crippen LogP) is 7.63. The van der Waals surface area contributed by atoms with Crippen molar-refractivity contribution in [3.8, 4) is 11.5 Å². The number of hydrogen-bond acceptors (Lipinski definition) is 11. The molecular formula is C60H79N5O6. The van der Waals surface area contributed by atoms with Crippen LogP contribution in [0.25, 0.3) is 6.08 Å². The molecule has 9 N–H and O–H groups in total. The number of allylic oxidation sites excluding steroid dienone is 3. The number of benzene rings is 3. The van der Waals surface area contributed by atoms with E-state index in [0.717, 1.165) is 94.1 Å². The fourth-order valence-corrected chi connectivity index (χ4v) is 14.0. The van der Waals surface area contributed by atoms with E-state index in [9.17, 15) is 24.9 Å². The van der Waals surface area contributed by atoms with Crippen LogP contribution in [0.15, 0.2) is 108 Å². The average Bonchev–Trinajstić information content (AvgIpc) is 3.73. The molecular weight excluding hydrogens is 887 g/mol. The Labute approximate surface area is 421 Å². The number of phenols is 1. The monoisotopic (exact) mass is 966 g/mol. The molecule has 380 valence electrons. The molecule has 3 saturated carbocycles. The summed E-state index contributed by atoms with van der Waals surface area (Å²) in [5.74, 6) is 3.06. The Balaban J connectivity index is 0.856. The molecule has 9 rings (SSSR count). The number of phenolic OH excluding ortho intramolecular Hbond substituents is 1. The number of aryl methyl sites for hydroxylation is 3. The maximum atomic E-state index is 14.0. The summed E-state index contributed by atoms with van der Waals surface area (Å²) in [6.45, 7) is 4.95. The summed E-state index contributed by atoms with van der Waals surface area (Å²) in [5.41, 5.74) is 13.9. The van der Waals surface area contributed by atoms with Crippen molar-refractivity contribution >= 4 is 17.6 Å². The Bertz CT molecular complexity index is 2430. The summed E-state index contributed by atoms with van der Waals surface area (Å²) < 4.78 is 5.37. The quantitative estimate of drug-likeness (QED) is 0.0228. The molecule has 3 aliphatic carbocycles. The normalized spacial score (nSPS) is 29.5. The van der Waals surface area contributed by atoms with Gasteiger partial charge in [0.1, 0.15) is 5.78 Å². The van der Waals surface area contributed by atoms with E-state index >= 15 is 0 Å². The zero-order valence-electron chi connectivity index (χ0n) is 41.9. The summed E-state index contributed by atoms with van der Waals surface area (Å²) in [5, 5.41) is 45.5. The number of aliphatic hydroxyl groups is 2. The Hall–Kier alpha value is -4.88. The molecule has 11 heteroatoms. The Morgan fingerprint density at radius 1 is 0.958 bits per heavy atom. The molecule has 3 aromatic carbocycles. The molecule has 0 amide bonds. The van der Waals surface area contributed by atoms with Crippen LogP contribution in [0.5, 0.6) is 11.5 Å². The highest BCUT2D eigenvalue weighted by molar-refractivity contribution is 6.06. The third-order valence-corrected chi connectivity index (χ3v) is 17.2. The van der Waals surface area contributed by atoms with Crippen LogP contribution in [0, 0.1) is 40.9 Å². The Morgan fingerprint density at radius 3 is 2.58 bits per heavy atom. The van der Waals surface area contributed by atoms with Gasteiger partial charge >= 0.3 is 0 Å². The number of nitrogens with one attached hydrogen (secondary N) is 4. The van der Waals surface area contributed by atoms with Crippen molar-refractivity contribution in [2.24, 2.45) is 46.7 Å². The van der Waals surface area contributed by atoms with E-state index in [1.54, 1.807) is 18.2 Å². The number of carbonyl (C=O) groups is 2. The fraction of sp³-hybridized carbons (Fsp3) is 0.533. The van der Waals surface area contributed by atoms with Crippen LogP contribution in [0.4, 0.5) is 0 Å². The van der Waals surface area contributed by atoms with Gasteiger partial charge in [-0.1, -0.05) is 72.8 Å². The summed E-state index contributed by atoms with van der Waals surface area (Å²) in [7, 11) is 0. The first kappa shape index (κ1) is 51.0. The van der Waals surface area contributed by atoms with E-state index in [1.807, 2.05) is 19.2 Å². The molecule has 11 atom stereocenters. The number of hydrogen-bond donors (Lipinski definition) is 8. The van der Waals surface area contributed by atoms with E-state index in [4.69, 9.17) is 10.5 Å². The van der Waals surface area contributed by atoms with Gasteiger partial charge in [-0.2, -0.15) is 0 Å². The van der Waals surface area contributed by atoms with Gasteiger partial charge in [-0.25, -0.2) is 0 Å². The largest absolute Gasteiger partial charge is 0.504 e. The van der Waals surface area contributed by atoms with E-state index in [1.165, 1.54) is 42.0 Å². The molecule has 0 aromatic heterocycles. The van der Waals surface area contributed by atoms with Gasteiger partial charge in [-0.15, -0.1) is 0 Å². The second-order valence-corrected chi connectivity index (χ2v) is 22.2. The number of carbonyl (C=O) groups excluding carboxylic acids is 2. The lowest BCUT2D eigenvalue weighted by molar-refractivity contribution is -0.126. The highest BCUT2D eigenvalue weighted by atomic mass is 16.6. The highest BCUT2D eigenvalue weighted by Crippen LogP contribution is 2.60. The summed E-state index contributed by atoms with van der Waals surface area (Å²) >= 11 is 0. The van der Waals surface area contributed by atoms with Crippen molar-refractivity contribution in [2.75, 3.05) is 33.0 Å². The first-order valence-corrected chi connectivity index (χ1v) is 26.9. The molecule has 0 radical (unpaired) electrons. The summed E-state index contributed by atoms with van der Waals surface area (Å²) in [6, 6.07) is 23.5. The van der Waals surface area contributed by atoms with Crippen molar-refractivity contribution in [2.45, 2.75) is 128 Å². The van der Waals surface area contributed by atoms with Crippen molar-refractivity contribution in [1.29, 1.82) is 0 Å². The third-order valence-electron chi connectivity index (χ3n) is 17.2. The smallest absolute Gasteiger partial charge is 0.186 e. The lowest BCUT2D eigenvalue weighted by atomic mass is 9.54. The van der Waals surface area contributed by atoms with Crippen molar-refractivity contribution in [3.05, 3.63) is 136 Å². The number of ketones is 2. The van der Waals surface area contributed by atoms with Crippen molar-refractivity contribution in [3.63, 3.8) is 0 Å². The fourth-order valence-electron chi connectivity index (χ4n) is 14.0. The number of Topliss-reactive ketones (excluding diaryl/α,β-unsaturated/α-hetero) is 1. The number of piperidine rings is 1. The second kappa shape index (κ2) is 23.8. The topological polar surface area (TPSA) is 178 Å². The lowest BCUT2D eigenvalue weighted by Crippen LogP contribution is -2.57. The van der Waals surface area contributed by atoms with Gasteiger partial charge < -0.3 is 47.1 Å². The maximum Gasteiger partial charge on any atom is 0.186 e. The zero-order valence-corrected chi connectivity index (χ0v) is 41.9. The Morgan fingerprint density at radius 2 is 1.76 bits per heavy atom. The van der Waals surface area contributed by atoms with Gasteiger partial charge in [0.05, 0.1) is 18.7 Å². The molecule has 0 bridgehead atoms. The van der Waals surface area contributed by atoms with Crippen LogP contribution in [0.1, 0.15) is 105 Å². The number of dihydropyridines is 1. The average molecular weight is 966 g/mol. The van der Waals surface area contributed by atoms with Crippen LogP contribution in [-0.4, -0.2) is 84.2 Å². The van der Waals surface area contributed by atoms with Gasteiger partial charge in [-0.05, 0) is 208 Å². The molecule has 1 unspecified atom stereocenters. The maximum absolute atomic E-state index is 14.0. The lowest BCUT2D eigenvalue weighted by Gasteiger charge is -2.54. The molecule has 3 aliphatic heterocycles. The molecule has 3 aromatic rings. The first-order valence-electron chi connectivity index (χ1n) is 26.9. The standard InChI is InChI=1S/C60H79N5O6/c1-39(67)35-64-51-30-50-18-15-43(32-60(50,33-51)34-55-54-20-22-62-36-49(54)25-46-11-6-21-63-59(46)55)24-53(69)31-52(68)19-17-44-28-57(71-38-66)56(70)27-47(44)26-48-37-65-58(61)29-45(48)16-14-42-10-5-9-41(23-42)13-12-40-7-3-2-4-8-40/h2-11,17,19,23,27-29,37,39,43,46,49-51,54-55,58-59,62-67,70H,12-16,18,20-22,24-26,30-36,38,61H2,1H3/b19-17+/t39-,43+,46-,49-,50+,51-,54+,55-,58?,59+,60-/m0/s1. The minimum atomic E-state index is -0.617. The predicted molar refractivity (Wildman–Crippen MR) is 281 cm³/mol. The molecule has 1 saturated heterocycles. The van der Waals surface area contributed by atoms with Crippen LogP contribution >= 0.6 is 0 Å². The third kappa shape index (κ3) is 13.0. The number of aromatic hydroxyl groups is 1. The summed E-state index contributed by atoms with van der Waals surface area (Å²) in [4.78, 5) is 27.7. The van der Waals surface area contributed by atoms with Gasteiger partial charge in [-0.3, -0.25) is 9.59 Å². The number of fused-ring (bicyclic) bond motifs is 3. The van der Waals surface area contributed by atoms with Crippen molar-refractivity contribution < 1.29 is 29.6 Å². The molecule has 6 aliphatic rings. The molecule has 11 nitrogen and oxygen atoms in total. The van der Waals surface area contributed by atoms with Crippen LogP contribution in [0.3, 0.4) is 0 Å². The van der Waals surface area contributed by atoms with Crippen LogP contribution in [-0.2, 0) is 35.3 Å². The van der Waals surface area contributed by atoms with Gasteiger partial charge in [0.2, 0.25) is 0 Å². The number of nitrogens with two attached hydrogens (primary N) is 1. The number of rotatable bonds is 21. The molecule has 3 heterocycles. The first-order chi connectivity index (χ1) is 34.5. The van der Waals surface area contributed by atoms with Gasteiger partial charge in [0.25, 0.3) is 0 Å².